The first-order valence-corrected chi connectivity index (χ1v) is 6.43. The first-order chi connectivity index (χ1) is 9.88. The number of hydrogen-bond donors (Lipinski definition) is 1. The van der Waals surface area contributed by atoms with Gasteiger partial charge in [-0.05, 0) is 42.8 Å². The van der Waals surface area contributed by atoms with Gasteiger partial charge in [0.05, 0.1) is 5.69 Å². The van der Waals surface area contributed by atoms with Gasteiger partial charge >= 0.3 is 0 Å². The Morgan fingerprint density at radius 3 is 2.52 bits per heavy atom. The Morgan fingerprint density at radius 1 is 1.14 bits per heavy atom. The van der Waals surface area contributed by atoms with E-state index in [0.29, 0.717) is 11.3 Å². The van der Waals surface area contributed by atoms with E-state index in [1.54, 1.807) is 38.4 Å². The van der Waals surface area contributed by atoms with Crippen LogP contribution in [0.2, 0.25) is 0 Å². The number of ether oxygens (including phenoxy) is 1. The van der Waals surface area contributed by atoms with Gasteiger partial charge in [0, 0.05) is 19.7 Å². The fourth-order valence-corrected chi connectivity index (χ4v) is 1.82. The Bertz CT molecular complexity index is 684. The molecule has 2 N–H and O–H groups in total. The van der Waals surface area contributed by atoms with Crippen molar-refractivity contribution in [3.05, 3.63) is 53.3 Å². The van der Waals surface area contributed by atoms with Gasteiger partial charge < -0.3 is 15.4 Å². The molecule has 0 spiro atoms. The van der Waals surface area contributed by atoms with E-state index < -0.39 is 5.82 Å². The molecule has 0 bridgehead atoms. The Labute approximate surface area is 122 Å². The van der Waals surface area contributed by atoms with Gasteiger partial charge in [-0.3, -0.25) is 4.79 Å². The number of carbonyl (C=O) groups is 1. The van der Waals surface area contributed by atoms with Crippen LogP contribution in [0.15, 0.2) is 36.4 Å². The number of nitrogens with zero attached hydrogens (tertiary/aromatic N) is 1. The molecule has 0 fully saturated rings. The van der Waals surface area contributed by atoms with E-state index in [-0.39, 0.29) is 17.4 Å². The average Bonchev–Trinajstić information content (AvgIpc) is 2.44. The topological polar surface area (TPSA) is 55.6 Å². The van der Waals surface area contributed by atoms with E-state index in [4.69, 9.17) is 10.5 Å². The van der Waals surface area contributed by atoms with Crippen molar-refractivity contribution in [1.29, 1.82) is 0 Å². The largest absolute Gasteiger partial charge is 0.452 e. The number of hydrogen-bond acceptors (Lipinski definition) is 3. The molecule has 0 atom stereocenters. The number of halogens is 1. The van der Waals surface area contributed by atoms with E-state index in [1.807, 2.05) is 6.92 Å². The van der Waals surface area contributed by atoms with Crippen LogP contribution in [0.25, 0.3) is 0 Å². The minimum atomic E-state index is -0.482. The monoisotopic (exact) mass is 288 g/mol. The summed E-state index contributed by atoms with van der Waals surface area (Å²) in [5.74, 6) is -0.322. The second kappa shape index (κ2) is 5.83. The zero-order chi connectivity index (χ0) is 15.6. The number of nitrogens with two attached hydrogens (primary N) is 1. The van der Waals surface area contributed by atoms with Crippen molar-refractivity contribution in [3.63, 3.8) is 0 Å². The lowest BCUT2D eigenvalue weighted by Crippen LogP contribution is -2.21. The SMILES string of the molecule is Cc1ccc(F)c(Oc2cc(C(=O)N(C)C)ccc2N)c1. The van der Waals surface area contributed by atoms with E-state index in [9.17, 15) is 9.18 Å². The first-order valence-electron chi connectivity index (χ1n) is 6.43. The molecule has 0 aromatic heterocycles. The molecule has 0 radical (unpaired) electrons. The molecule has 2 aromatic rings. The molecule has 0 saturated carbocycles. The molecule has 0 aliphatic carbocycles. The van der Waals surface area contributed by atoms with Crippen molar-refractivity contribution in [3.8, 4) is 11.5 Å². The molecule has 2 aromatic carbocycles. The Balaban J connectivity index is 2.37. The summed E-state index contributed by atoms with van der Waals surface area (Å²) >= 11 is 0. The smallest absolute Gasteiger partial charge is 0.253 e. The molecule has 0 unspecified atom stereocenters. The highest BCUT2D eigenvalue weighted by Crippen LogP contribution is 2.30. The fraction of sp³-hybridized carbons (Fsp3) is 0.188. The number of rotatable bonds is 3. The second-order valence-corrected chi connectivity index (χ2v) is 4.99. The molecular formula is C16H17FN2O2. The van der Waals surface area contributed by atoms with Crippen LogP contribution in [0.5, 0.6) is 11.5 Å². The third kappa shape index (κ3) is 3.31. The minimum absolute atomic E-state index is 0.0798. The molecular weight excluding hydrogens is 271 g/mol. The predicted octanol–water partition coefficient (Wildman–Crippen LogP) is 3.21. The third-order valence-corrected chi connectivity index (χ3v) is 2.97. The van der Waals surface area contributed by atoms with E-state index >= 15 is 0 Å². The predicted molar refractivity (Wildman–Crippen MR) is 80.1 cm³/mol. The van der Waals surface area contributed by atoms with Gasteiger partial charge in [-0.25, -0.2) is 4.39 Å². The standard InChI is InChI=1S/C16H17FN2O2/c1-10-4-6-12(17)14(8-10)21-15-9-11(5-7-13(15)18)16(20)19(2)3/h4-9H,18H2,1-3H3. The number of benzene rings is 2. The highest BCUT2D eigenvalue weighted by atomic mass is 19.1. The molecule has 2 rings (SSSR count). The number of aryl methyl sites for hydroxylation is 1. The zero-order valence-corrected chi connectivity index (χ0v) is 12.2. The van der Waals surface area contributed by atoms with Gasteiger partial charge in [0.2, 0.25) is 0 Å². The summed E-state index contributed by atoms with van der Waals surface area (Å²) < 4.78 is 19.3. The Kier molecular flexibility index (Phi) is 4.12. The van der Waals surface area contributed by atoms with Gasteiger partial charge in [-0.15, -0.1) is 0 Å². The van der Waals surface area contributed by atoms with Gasteiger partial charge in [0.25, 0.3) is 5.91 Å². The molecule has 0 aliphatic heterocycles. The highest BCUT2D eigenvalue weighted by Gasteiger charge is 2.13. The van der Waals surface area contributed by atoms with Crippen molar-refractivity contribution in [1.82, 2.24) is 4.90 Å². The summed E-state index contributed by atoms with van der Waals surface area (Å²) in [6.07, 6.45) is 0. The molecule has 110 valence electrons. The van der Waals surface area contributed by atoms with Crippen molar-refractivity contribution < 1.29 is 13.9 Å². The second-order valence-electron chi connectivity index (χ2n) is 4.99. The van der Waals surface area contributed by atoms with Crippen LogP contribution in [0.3, 0.4) is 0 Å². The minimum Gasteiger partial charge on any atom is -0.452 e. The van der Waals surface area contributed by atoms with Gasteiger partial charge in [0.1, 0.15) is 0 Å². The Hall–Kier alpha value is -2.56. The van der Waals surface area contributed by atoms with Crippen LogP contribution in [-0.2, 0) is 0 Å². The zero-order valence-electron chi connectivity index (χ0n) is 12.2. The van der Waals surface area contributed by atoms with Crippen LogP contribution in [0.4, 0.5) is 10.1 Å². The van der Waals surface area contributed by atoms with Crippen LogP contribution < -0.4 is 10.5 Å². The summed E-state index contributed by atoms with van der Waals surface area (Å²) in [7, 11) is 3.30. The molecule has 0 heterocycles. The molecule has 4 nitrogen and oxygen atoms in total. The van der Waals surface area contributed by atoms with E-state index in [1.165, 1.54) is 17.0 Å². The van der Waals surface area contributed by atoms with Crippen molar-refractivity contribution in [2.24, 2.45) is 0 Å². The maximum Gasteiger partial charge on any atom is 0.253 e. The summed E-state index contributed by atoms with van der Waals surface area (Å²) in [4.78, 5) is 13.4. The number of amides is 1. The van der Waals surface area contributed by atoms with Crippen molar-refractivity contribution >= 4 is 11.6 Å². The molecule has 0 saturated heterocycles. The van der Waals surface area contributed by atoms with Crippen molar-refractivity contribution in [2.45, 2.75) is 6.92 Å². The molecule has 21 heavy (non-hydrogen) atoms. The maximum absolute atomic E-state index is 13.7. The molecule has 5 heteroatoms. The Morgan fingerprint density at radius 2 is 1.86 bits per heavy atom. The third-order valence-electron chi connectivity index (χ3n) is 2.97. The van der Waals surface area contributed by atoms with Crippen LogP contribution in [0.1, 0.15) is 15.9 Å². The summed E-state index contributed by atoms with van der Waals surface area (Å²) in [6, 6.07) is 9.25. The average molecular weight is 288 g/mol. The number of anilines is 1. The maximum atomic E-state index is 13.7. The first kappa shape index (κ1) is 14.8. The summed E-state index contributed by atoms with van der Waals surface area (Å²) in [5.41, 5.74) is 7.46. The van der Waals surface area contributed by atoms with Gasteiger partial charge in [0.15, 0.2) is 17.3 Å². The van der Waals surface area contributed by atoms with Crippen LogP contribution >= 0.6 is 0 Å². The normalized spacial score (nSPS) is 10.3. The lowest BCUT2D eigenvalue weighted by atomic mass is 10.1. The van der Waals surface area contributed by atoms with Crippen molar-refractivity contribution in [2.75, 3.05) is 19.8 Å². The molecule has 0 aliphatic rings. The highest BCUT2D eigenvalue weighted by molar-refractivity contribution is 5.94. The summed E-state index contributed by atoms with van der Waals surface area (Å²) in [5, 5.41) is 0. The number of carbonyl (C=O) groups excluding carboxylic acids is 1. The van der Waals surface area contributed by atoms with Crippen LogP contribution in [0, 0.1) is 12.7 Å². The van der Waals surface area contributed by atoms with Crippen LogP contribution in [-0.4, -0.2) is 24.9 Å². The van der Waals surface area contributed by atoms with E-state index in [2.05, 4.69) is 0 Å². The lowest BCUT2D eigenvalue weighted by Gasteiger charge is -2.14. The number of nitrogen functional groups attached to an aromatic ring is 1. The molecule has 1 amide bonds. The fourth-order valence-electron chi connectivity index (χ4n) is 1.82. The lowest BCUT2D eigenvalue weighted by molar-refractivity contribution is 0.0827. The quantitative estimate of drug-likeness (QED) is 0.882. The van der Waals surface area contributed by atoms with Gasteiger partial charge in [-0.1, -0.05) is 6.07 Å². The van der Waals surface area contributed by atoms with Gasteiger partial charge in [-0.2, -0.15) is 0 Å². The summed E-state index contributed by atoms with van der Waals surface area (Å²) in [6.45, 7) is 1.83. The van der Waals surface area contributed by atoms with E-state index in [0.717, 1.165) is 5.56 Å².